The van der Waals surface area contributed by atoms with Crippen LogP contribution in [0.5, 0.6) is 17.2 Å². The SMILES string of the molecule is CCCc1cc(C(O)(C(F)(F)F)C(F)(F)F)cc(C)c1OCCCCN1C(=O)NC(C)(c2ccc(O)c(O)c2)C1=O. The van der Waals surface area contributed by atoms with Gasteiger partial charge in [0.1, 0.15) is 11.3 Å². The molecule has 2 aromatic carbocycles. The van der Waals surface area contributed by atoms with Gasteiger partial charge in [-0.05, 0) is 74.1 Å². The van der Waals surface area contributed by atoms with E-state index in [4.69, 9.17) is 4.74 Å². The molecule has 41 heavy (non-hydrogen) atoms. The summed E-state index contributed by atoms with van der Waals surface area (Å²) in [5.74, 6) is -1.35. The molecule has 3 rings (SSSR count). The molecule has 8 nitrogen and oxygen atoms in total. The number of aryl methyl sites for hydroxylation is 2. The van der Waals surface area contributed by atoms with Crippen molar-refractivity contribution in [3.8, 4) is 17.2 Å². The number of unbranched alkanes of at least 4 members (excludes halogenated alkanes) is 1. The molecule has 1 atom stereocenters. The molecule has 1 heterocycles. The van der Waals surface area contributed by atoms with Gasteiger partial charge in [0.25, 0.3) is 11.5 Å². The van der Waals surface area contributed by atoms with Crippen molar-refractivity contribution in [1.82, 2.24) is 10.2 Å². The minimum absolute atomic E-state index is 0.0163. The Bertz CT molecular complexity index is 1300. The lowest BCUT2D eigenvalue weighted by molar-refractivity contribution is -0.376. The van der Waals surface area contributed by atoms with Crippen LogP contribution in [0.1, 0.15) is 55.4 Å². The van der Waals surface area contributed by atoms with Crippen LogP contribution in [0.3, 0.4) is 0 Å². The van der Waals surface area contributed by atoms with Crippen LogP contribution in [-0.4, -0.2) is 57.7 Å². The van der Waals surface area contributed by atoms with Crippen LogP contribution in [0.15, 0.2) is 30.3 Å². The molecule has 0 aromatic heterocycles. The van der Waals surface area contributed by atoms with E-state index in [-0.39, 0.29) is 54.9 Å². The maximum absolute atomic E-state index is 13.4. The summed E-state index contributed by atoms with van der Waals surface area (Å²) < 4.78 is 86.1. The lowest BCUT2D eigenvalue weighted by Gasteiger charge is -2.33. The van der Waals surface area contributed by atoms with Crippen molar-refractivity contribution in [2.45, 2.75) is 69.9 Å². The van der Waals surface area contributed by atoms with Crippen molar-refractivity contribution in [1.29, 1.82) is 0 Å². The zero-order valence-corrected chi connectivity index (χ0v) is 22.4. The molecule has 0 bridgehead atoms. The molecule has 1 saturated heterocycles. The standard InChI is InChI=1S/C27H30F6N2O6/c1-4-7-16-13-18(25(40,26(28,29)30)27(31,32)33)12-15(2)21(16)41-11-6-5-10-35-22(38)24(3,34-23(35)39)17-8-9-19(36)20(37)14-17/h8-9,12-14,36-37,40H,4-7,10-11H2,1-3H3,(H,34,39). The number of phenolic OH excluding ortho intramolecular Hbond substituents is 2. The molecule has 0 radical (unpaired) electrons. The van der Waals surface area contributed by atoms with Gasteiger partial charge in [-0.2, -0.15) is 26.3 Å². The van der Waals surface area contributed by atoms with Crippen LogP contribution in [0.25, 0.3) is 0 Å². The highest BCUT2D eigenvalue weighted by Crippen LogP contribution is 2.51. The first kappa shape index (κ1) is 31.8. The van der Waals surface area contributed by atoms with E-state index in [1.165, 1.54) is 26.0 Å². The van der Waals surface area contributed by atoms with Gasteiger partial charge in [-0.1, -0.05) is 19.4 Å². The van der Waals surface area contributed by atoms with Crippen molar-refractivity contribution >= 4 is 11.9 Å². The molecule has 226 valence electrons. The number of imide groups is 1. The fraction of sp³-hybridized carbons (Fsp3) is 0.481. The number of aromatic hydroxyl groups is 2. The van der Waals surface area contributed by atoms with Gasteiger partial charge < -0.3 is 25.4 Å². The Kier molecular flexibility index (Phi) is 8.78. The lowest BCUT2D eigenvalue weighted by atomic mass is 9.88. The van der Waals surface area contributed by atoms with Gasteiger partial charge in [0.15, 0.2) is 11.5 Å². The summed E-state index contributed by atoms with van der Waals surface area (Å²) in [5.41, 5.74) is -7.60. The third-order valence-corrected chi connectivity index (χ3v) is 6.96. The van der Waals surface area contributed by atoms with E-state index in [0.717, 1.165) is 11.0 Å². The highest BCUT2D eigenvalue weighted by atomic mass is 19.4. The molecule has 0 saturated carbocycles. The molecule has 0 aliphatic carbocycles. The normalized spacial score (nSPS) is 18.1. The minimum Gasteiger partial charge on any atom is -0.504 e. The number of benzene rings is 2. The number of hydrogen-bond donors (Lipinski definition) is 4. The van der Waals surface area contributed by atoms with Crippen molar-refractivity contribution in [3.05, 3.63) is 52.6 Å². The van der Waals surface area contributed by atoms with Gasteiger partial charge in [0.2, 0.25) is 0 Å². The number of carbonyl (C=O) groups is 2. The highest BCUT2D eigenvalue weighted by molar-refractivity contribution is 6.07. The summed E-state index contributed by atoms with van der Waals surface area (Å²) in [5, 5.41) is 31.7. The zero-order chi connectivity index (χ0) is 31.0. The number of amides is 3. The van der Waals surface area contributed by atoms with Gasteiger partial charge in [0.05, 0.1) is 6.61 Å². The predicted molar refractivity (Wildman–Crippen MR) is 133 cm³/mol. The number of phenols is 2. The predicted octanol–water partition coefficient (Wildman–Crippen LogP) is 5.30. The first-order valence-electron chi connectivity index (χ1n) is 12.7. The summed E-state index contributed by atoms with van der Waals surface area (Å²) in [6.07, 6.45) is -11.0. The average molecular weight is 593 g/mol. The van der Waals surface area contributed by atoms with Crippen LogP contribution in [0.4, 0.5) is 31.1 Å². The maximum atomic E-state index is 13.4. The molecule has 1 aliphatic rings. The van der Waals surface area contributed by atoms with E-state index in [1.807, 2.05) is 0 Å². The number of alkyl halides is 6. The first-order chi connectivity index (χ1) is 18.9. The van der Waals surface area contributed by atoms with Gasteiger partial charge in [-0.3, -0.25) is 9.69 Å². The first-order valence-corrected chi connectivity index (χ1v) is 12.7. The van der Waals surface area contributed by atoms with Gasteiger partial charge >= 0.3 is 18.4 Å². The second-order valence-corrected chi connectivity index (χ2v) is 10.0. The van der Waals surface area contributed by atoms with E-state index in [1.54, 1.807) is 6.92 Å². The summed E-state index contributed by atoms with van der Waals surface area (Å²) in [4.78, 5) is 26.5. The summed E-state index contributed by atoms with van der Waals surface area (Å²) >= 11 is 0. The van der Waals surface area contributed by atoms with E-state index in [9.17, 15) is 51.3 Å². The summed E-state index contributed by atoms with van der Waals surface area (Å²) in [6, 6.07) is 4.31. The van der Waals surface area contributed by atoms with Crippen molar-refractivity contribution in [2.75, 3.05) is 13.2 Å². The fourth-order valence-corrected chi connectivity index (χ4v) is 4.68. The summed E-state index contributed by atoms with van der Waals surface area (Å²) in [7, 11) is 0. The molecular formula is C27H30F6N2O6. The second kappa shape index (κ2) is 11.3. The zero-order valence-electron chi connectivity index (χ0n) is 22.4. The molecule has 2 aromatic rings. The second-order valence-electron chi connectivity index (χ2n) is 10.0. The van der Waals surface area contributed by atoms with Gasteiger partial charge in [-0.15, -0.1) is 0 Å². The third-order valence-electron chi connectivity index (χ3n) is 6.96. The molecule has 0 spiro atoms. The Balaban J connectivity index is 1.69. The Morgan fingerprint density at radius 3 is 2.17 bits per heavy atom. The minimum atomic E-state index is -6.01. The lowest BCUT2D eigenvalue weighted by Crippen LogP contribution is -2.54. The number of carbonyl (C=O) groups excluding carboxylic acids is 2. The van der Waals surface area contributed by atoms with Crippen LogP contribution >= 0.6 is 0 Å². The topological polar surface area (TPSA) is 119 Å². The van der Waals surface area contributed by atoms with Gasteiger partial charge in [0, 0.05) is 12.1 Å². The van der Waals surface area contributed by atoms with E-state index < -0.39 is 52.5 Å². The van der Waals surface area contributed by atoms with Crippen LogP contribution in [0, 0.1) is 6.92 Å². The Labute approximate surface area is 231 Å². The summed E-state index contributed by atoms with van der Waals surface area (Å²) in [6.45, 7) is 4.36. The maximum Gasteiger partial charge on any atom is 0.430 e. The number of halogens is 6. The smallest absolute Gasteiger partial charge is 0.430 e. The van der Waals surface area contributed by atoms with Crippen LogP contribution in [-0.2, 0) is 22.4 Å². The number of nitrogens with zero attached hydrogens (tertiary/aromatic N) is 1. The Hall–Kier alpha value is -3.68. The molecule has 4 N–H and O–H groups in total. The van der Waals surface area contributed by atoms with Crippen LogP contribution in [0.2, 0.25) is 0 Å². The highest BCUT2D eigenvalue weighted by Gasteiger charge is 2.71. The largest absolute Gasteiger partial charge is 0.504 e. The number of nitrogens with one attached hydrogen (secondary N) is 1. The number of urea groups is 1. The van der Waals surface area contributed by atoms with Crippen LogP contribution < -0.4 is 10.1 Å². The molecule has 1 aliphatic heterocycles. The Morgan fingerprint density at radius 1 is 0.976 bits per heavy atom. The van der Waals surface area contributed by atoms with Gasteiger partial charge in [-0.25, -0.2) is 4.79 Å². The average Bonchev–Trinajstić information content (AvgIpc) is 3.08. The number of ether oxygens (including phenoxy) is 1. The molecule has 14 heteroatoms. The molecular weight excluding hydrogens is 562 g/mol. The van der Waals surface area contributed by atoms with E-state index in [0.29, 0.717) is 18.6 Å². The fourth-order valence-electron chi connectivity index (χ4n) is 4.68. The monoisotopic (exact) mass is 592 g/mol. The third kappa shape index (κ3) is 5.88. The molecule has 1 unspecified atom stereocenters. The molecule has 3 amide bonds. The van der Waals surface area contributed by atoms with E-state index >= 15 is 0 Å². The van der Waals surface area contributed by atoms with Crippen molar-refractivity contribution in [3.63, 3.8) is 0 Å². The number of rotatable bonds is 10. The molecule has 1 fully saturated rings. The van der Waals surface area contributed by atoms with Crippen molar-refractivity contribution in [2.24, 2.45) is 0 Å². The number of aliphatic hydroxyl groups is 1. The van der Waals surface area contributed by atoms with E-state index in [2.05, 4.69) is 5.32 Å². The quantitative estimate of drug-likeness (QED) is 0.129. The number of hydrogen-bond acceptors (Lipinski definition) is 6. The Morgan fingerprint density at radius 2 is 1.61 bits per heavy atom. The van der Waals surface area contributed by atoms with Crippen molar-refractivity contribution < 1.29 is 56.0 Å².